The van der Waals surface area contributed by atoms with Gasteiger partial charge in [0, 0.05) is 25.5 Å². The Balaban J connectivity index is 1.87. The van der Waals surface area contributed by atoms with Crippen LogP contribution in [0.3, 0.4) is 0 Å². The van der Waals surface area contributed by atoms with E-state index in [1.165, 1.54) is 18.5 Å². The number of hydrogen-bond acceptors (Lipinski definition) is 5. The SMILES string of the molecule is CNc1cccc([C@]2(C)CC[C@H](C)CN2C(=O)C(=O)Nc2cncc(C(N)=O)c2)c1. The maximum Gasteiger partial charge on any atom is 0.313 e. The van der Waals surface area contributed by atoms with Crippen LogP contribution in [0.25, 0.3) is 0 Å². The van der Waals surface area contributed by atoms with Gasteiger partial charge >= 0.3 is 11.8 Å². The largest absolute Gasteiger partial charge is 0.388 e. The van der Waals surface area contributed by atoms with Crippen LogP contribution in [0.1, 0.15) is 42.6 Å². The summed E-state index contributed by atoms with van der Waals surface area (Å²) in [6.45, 7) is 4.54. The standard InChI is InChI=1S/C22H27N5O3/c1-14-7-8-22(2,16-5-4-6-17(10-16)24-3)27(13-14)21(30)20(29)26-18-9-15(19(23)28)11-25-12-18/h4-6,9-12,14,24H,7-8,13H2,1-3H3,(H2,23,28)(H,26,29)/t14-,22-/m0/s1. The van der Waals surface area contributed by atoms with Gasteiger partial charge in [0.05, 0.1) is 23.0 Å². The third kappa shape index (κ3) is 4.27. The van der Waals surface area contributed by atoms with E-state index in [4.69, 9.17) is 5.73 Å². The lowest BCUT2D eigenvalue weighted by molar-refractivity contribution is -0.150. The van der Waals surface area contributed by atoms with E-state index in [9.17, 15) is 14.4 Å². The van der Waals surface area contributed by atoms with Crippen LogP contribution in [0.15, 0.2) is 42.7 Å². The minimum atomic E-state index is -0.775. The van der Waals surface area contributed by atoms with Gasteiger partial charge < -0.3 is 21.3 Å². The van der Waals surface area contributed by atoms with Crippen molar-refractivity contribution in [3.8, 4) is 0 Å². The number of carbonyl (C=O) groups is 3. The fraction of sp³-hybridized carbons (Fsp3) is 0.364. The first-order valence-electron chi connectivity index (χ1n) is 9.90. The molecule has 0 bridgehead atoms. The summed E-state index contributed by atoms with van der Waals surface area (Å²) in [5, 5.41) is 5.67. The highest BCUT2D eigenvalue weighted by Crippen LogP contribution is 2.40. The fourth-order valence-corrected chi connectivity index (χ4v) is 3.83. The number of piperidine rings is 1. The highest BCUT2D eigenvalue weighted by Gasteiger charge is 2.43. The Labute approximate surface area is 175 Å². The van der Waals surface area contributed by atoms with E-state index in [0.717, 1.165) is 24.1 Å². The number of nitrogens with two attached hydrogens (primary N) is 1. The zero-order valence-electron chi connectivity index (χ0n) is 17.4. The van der Waals surface area contributed by atoms with E-state index in [2.05, 4.69) is 22.5 Å². The number of nitrogens with one attached hydrogen (secondary N) is 2. The van der Waals surface area contributed by atoms with Crippen molar-refractivity contribution in [2.45, 2.75) is 32.2 Å². The first-order chi connectivity index (χ1) is 14.2. The molecule has 0 spiro atoms. The lowest BCUT2D eigenvalue weighted by Gasteiger charge is -2.47. The third-order valence-corrected chi connectivity index (χ3v) is 5.71. The highest BCUT2D eigenvalue weighted by atomic mass is 16.2. The molecule has 1 aliphatic heterocycles. The van der Waals surface area contributed by atoms with Crippen LogP contribution in [-0.4, -0.2) is 41.2 Å². The second-order valence-electron chi connectivity index (χ2n) is 7.94. The summed E-state index contributed by atoms with van der Waals surface area (Å²) >= 11 is 0. The Hall–Kier alpha value is -3.42. The Bertz CT molecular complexity index is 977. The Morgan fingerprint density at radius 2 is 1.97 bits per heavy atom. The summed E-state index contributed by atoms with van der Waals surface area (Å²) in [6, 6.07) is 9.28. The number of anilines is 2. The number of rotatable bonds is 4. The average Bonchev–Trinajstić information content (AvgIpc) is 2.75. The number of hydrogen-bond donors (Lipinski definition) is 3. The van der Waals surface area contributed by atoms with Crippen LogP contribution in [0.5, 0.6) is 0 Å². The molecule has 30 heavy (non-hydrogen) atoms. The van der Waals surface area contributed by atoms with Gasteiger partial charge in [-0.3, -0.25) is 19.4 Å². The zero-order valence-corrected chi connectivity index (χ0v) is 17.4. The van der Waals surface area contributed by atoms with Gasteiger partial charge in [0.1, 0.15) is 0 Å². The molecule has 1 aromatic heterocycles. The van der Waals surface area contributed by atoms with Crippen molar-refractivity contribution in [1.82, 2.24) is 9.88 Å². The van der Waals surface area contributed by atoms with Crippen molar-refractivity contribution in [2.24, 2.45) is 11.7 Å². The molecule has 2 atom stereocenters. The summed E-state index contributed by atoms with van der Waals surface area (Å²) in [6.07, 6.45) is 4.37. The van der Waals surface area contributed by atoms with Gasteiger partial charge in [-0.25, -0.2) is 0 Å². The van der Waals surface area contributed by atoms with Crippen molar-refractivity contribution < 1.29 is 14.4 Å². The summed E-state index contributed by atoms with van der Waals surface area (Å²) in [7, 11) is 1.84. The zero-order chi connectivity index (χ0) is 21.9. The van der Waals surface area contributed by atoms with Crippen molar-refractivity contribution in [1.29, 1.82) is 0 Å². The van der Waals surface area contributed by atoms with Gasteiger partial charge in [-0.1, -0.05) is 19.1 Å². The Kier molecular flexibility index (Phi) is 6.05. The van der Waals surface area contributed by atoms with Gasteiger partial charge in [0.15, 0.2) is 0 Å². The van der Waals surface area contributed by atoms with Crippen LogP contribution in [0, 0.1) is 5.92 Å². The predicted molar refractivity (Wildman–Crippen MR) is 115 cm³/mol. The van der Waals surface area contributed by atoms with Crippen LogP contribution in [0.4, 0.5) is 11.4 Å². The van der Waals surface area contributed by atoms with Gasteiger partial charge in [-0.2, -0.15) is 0 Å². The molecule has 1 fully saturated rings. The molecule has 0 unspecified atom stereocenters. The first kappa shape index (κ1) is 21.3. The monoisotopic (exact) mass is 409 g/mol. The molecule has 158 valence electrons. The molecule has 1 aliphatic rings. The summed E-state index contributed by atoms with van der Waals surface area (Å²) in [4.78, 5) is 42.9. The average molecular weight is 409 g/mol. The van der Waals surface area contributed by atoms with Gasteiger partial charge in [0.25, 0.3) is 0 Å². The van der Waals surface area contributed by atoms with Crippen molar-refractivity contribution >= 4 is 29.1 Å². The topological polar surface area (TPSA) is 117 Å². The summed E-state index contributed by atoms with van der Waals surface area (Å²) in [5.74, 6) is -1.78. The molecule has 3 amide bonds. The van der Waals surface area contributed by atoms with Crippen LogP contribution in [0.2, 0.25) is 0 Å². The molecule has 2 aromatic rings. The molecule has 0 saturated carbocycles. The van der Waals surface area contributed by atoms with Crippen molar-refractivity contribution in [3.05, 3.63) is 53.9 Å². The molecular weight excluding hydrogens is 382 g/mol. The summed E-state index contributed by atoms with van der Waals surface area (Å²) in [5.41, 5.74) is 6.96. The molecule has 0 radical (unpaired) electrons. The van der Waals surface area contributed by atoms with Gasteiger partial charge in [-0.15, -0.1) is 0 Å². The maximum absolute atomic E-state index is 13.2. The number of primary amides is 1. The van der Waals surface area contributed by atoms with E-state index in [1.807, 2.05) is 38.2 Å². The lowest BCUT2D eigenvalue weighted by atomic mass is 9.79. The first-order valence-corrected chi connectivity index (χ1v) is 9.90. The molecular formula is C22H27N5O3. The maximum atomic E-state index is 13.2. The van der Waals surface area contributed by atoms with Crippen LogP contribution >= 0.6 is 0 Å². The van der Waals surface area contributed by atoms with Crippen molar-refractivity contribution in [3.63, 3.8) is 0 Å². The quantitative estimate of drug-likeness (QED) is 0.670. The number of aromatic nitrogens is 1. The van der Waals surface area contributed by atoms with E-state index in [-0.39, 0.29) is 17.2 Å². The third-order valence-electron chi connectivity index (χ3n) is 5.71. The van der Waals surface area contributed by atoms with Gasteiger partial charge in [-0.05, 0) is 49.4 Å². The summed E-state index contributed by atoms with van der Waals surface area (Å²) < 4.78 is 0. The smallest absolute Gasteiger partial charge is 0.313 e. The predicted octanol–water partition coefficient (Wildman–Crippen LogP) is 2.33. The number of pyridine rings is 1. The number of nitrogens with zero attached hydrogens (tertiary/aromatic N) is 2. The van der Waals surface area contributed by atoms with Crippen LogP contribution < -0.4 is 16.4 Å². The Morgan fingerprint density at radius 3 is 2.67 bits per heavy atom. The fourth-order valence-electron chi connectivity index (χ4n) is 3.83. The minimum absolute atomic E-state index is 0.153. The molecule has 8 heteroatoms. The lowest BCUT2D eigenvalue weighted by Crippen LogP contribution is -2.55. The molecule has 4 N–H and O–H groups in total. The second kappa shape index (κ2) is 8.52. The molecule has 0 aliphatic carbocycles. The van der Waals surface area contributed by atoms with E-state index in [0.29, 0.717) is 6.54 Å². The van der Waals surface area contributed by atoms with E-state index in [1.54, 1.807) is 4.90 Å². The molecule has 8 nitrogen and oxygen atoms in total. The second-order valence-corrected chi connectivity index (χ2v) is 7.94. The molecule has 3 rings (SSSR count). The van der Waals surface area contributed by atoms with Gasteiger partial charge in [0.2, 0.25) is 5.91 Å². The Morgan fingerprint density at radius 1 is 1.20 bits per heavy atom. The highest BCUT2D eigenvalue weighted by molar-refractivity contribution is 6.39. The number of amides is 3. The van der Waals surface area contributed by atoms with Crippen LogP contribution in [-0.2, 0) is 15.1 Å². The van der Waals surface area contributed by atoms with Crippen molar-refractivity contribution in [2.75, 3.05) is 24.2 Å². The van der Waals surface area contributed by atoms with E-state index < -0.39 is 23.3 Å². The number of likely N-dealkylation sites (tertiary alicyclic amines) is 1. The van der Waals surface area contributed by atoms with E-state index >= 15 is 0 Å². The number of carbonyl (C=O) groups excluding carboxylic acids is 3. The molecule has 2 heterocycles. The minimum Gasteiger partial charge on any atom is -0.388 e. The number of benzene rings is 1. The normalized spacial score (nSPS) is 21.0. The molecule has 1 saturated heterocycles. The molecule has 1 aromatic carbocycles.